The molecule has 1 heterocycles. The number of methoxy groups -OCH3 is 1. The number of rotatable bonds is 6. The van der Waals surface area contributed by atoms with Crippen LogP contribution < -0.4 is 5.32 Å². The summed E-state index contributed by atoms with van der Waals surface area (Å²) in [6.45, 7) is 3.36. The van der Waals surface area contributed by atoms with Crippen LogP contribution >= 0.6 is 0 Å². The number of hydrogen-bond donors (Lipinski definition) is 2. The zero-order valence-corrected chi connectivity index (χ0v) is 11.2. The first-order valence-corrected chi connectivity index (χ1v) is 6.17. The smallest absolute Gasteiger partial charge is 0.103 e. The van der Waals surface area contributed by atoms with Crippen molar-refractivity contribution in [2.24, 2.45) is 4.99 Å². The van der Waals surface area contributed by atoms with E-state index >= 15 is 0 Å². The molecule has 0 saturated heterocycles. The SMILES string of the molecule is COCCN/C=N/c1ccc(-c2c[nH]c(C)n2)cc1. The van der Waals surface area contributed by atoms with Gasteiger partial charge in [0, 0.05) is 25.4 Å². The van der Waals surface area contributed by atoms with Gasteiger partial charge in [-0.15, -0.1) is 0 Å². The van der Waals surface area contributed by atoms with Gasteiger partial charge in [0.15, 0.2) is 0 Å². The van der Waals surface area contributed by atoms with E-state index in [1.807, 2.05) is 37.4 Å². The van der Waals surface area contributed by atoms with Crippen molar-refractivity contribution in [1.29, 1.82) is 0 Å². The van der Waals surface area contributed by atoms with E-state index in [0.717, 1.165) is 29.3 Å². The van der Waals surface area contributed by atoms with Crippen molar-refractivity contribution >= 4 is 12.0 Å². The van der Waals surface area contributed by atoms with Crippen LogP contribution in [0.2, 0.25) is 0 Å². The Balaban J connectivity index is 1.95. The molecule has 5 nitrogen and oxygen atoms in total. The summed E-state index contributed by atoms with van der Waals surface area (Å²) in [6.07, 6.45) is 3.59. The van der Waals surface area contributed by atoms with Crippen LogP contribution in [-0.4, -0.2) is 36.6 Å². The number of ether oxygens (including phenoxy) is 1. The summed E-state index contributed by atoms with van der Waals surface area (Å²) in [5.41, 5.74) is 2.93. The van der Waals surface area contributed by atoms with Gasteiger partial charge in [0.05, 0.1) is 24.3 Å². The molecule has 0 radical (unpaired) electrons. The molecule has 0 fully saturated rings. The molecule has 0 bridgehead atoms. The Kier molecular flexibility index (Phi) is 4.69. The number of aromatic nitrogens is 2. The first-order chi connectivity index (χ1) is 9.29. The average Bonchev–Trinajstić information content (AvgIpc) is 2.86. The van der Waals surface area contributed by atoms with Gasteiger partial charge in [-0.1, -0.05) is 12.1 Å². The standard InChI is InChI=1S/C14H18N4O/c1-11-16-9-14(18-11)12-3-5-13(6-4-12)17-10-15-7-8-19-2/h3-6,9-10H,7-8H2,1-2H3,(H,15,17)(H,16,18). The maximum Gasteiger partial charge on any atom is 0.103 e. The maximum atomic E-state index is 4.93. The molecule has 0 saturated carbocycles. The second-order valence-corrected chi connectivity index (χ2v) is 4.12. The largest absolute Gasteiger partial charge is 0.383 e. The van der Waals surface area contributed by atoms with Crippen LogP contribution in [-0.2, 0) is 4.74 Å². The molecular formula is C14H18N4O. The molecule has 19 heavy (non-hydrogen) atoms. The van der Waals surface area contributed by atoms with Gasteiger partial charge < -0.3 is 15.0 Å². The van der Waals surface area contributed by atoms with Crippen LogP contribution in [0.5, 0.6) is 0 Å². The normalized spacial score (nSPS) is 11.1. The van der Waals surface area contributed by atoms with E-state index in [9.17, 15) is 0 Å². The van der Waals surface area contributed by atoms with Crippen LogP contribution in [0.25, 0.3) is 11.3 Å². The minimum atomic E-state index is 0.670. The van der Waals surface area contributed by atoms with E-state index in [0.29, 0.717) is 6.61 Å². The Hall–Kier alpha value is -2.14. The third-order valence-corrected chi connectivity index (χ3v) is 2.62. The van der Waals surface area contributed by atoms with E-state index in [-0.39, 0.29) is 0 Å². The number of aryl methyl sites for hydroxylation is 1. The molecule has 0 atom stereocenters. The molecule has 0 spiro atoms. The summed E-state index contributed by atoms with van der Waals surface area (Å²) in [5, 5.41) is 3.05. The van der Waals surface area contributed by atoms with E-state index in [4.69, 9.17) is 4.74 Å². The predicted octanol–water partition coefficient (Wildman–Crippen LogP) is 2.28. The average molecular weight is 258 g/mol. The first-order valence-electron chi connectivity index (χ1n) is 6.17. The molecular weight excluding hydrogens is 240 g/mol. The van der Waals surface area contributed by atoms with Crippen LogP contribution in [0.3, 0.4) is 0 Å². The van der Waals surface area contributed by atoms with Gasteiger partial charge in [0.25, 0.3) is 0 Å². The Labute approximate surface area is 112 Å². The lowest BCUT2D eigenvalue weighted by molar-refractivity contribution is 0.204. The van der Waals surface area contributed by atoms with Gasteiger partial charge in [-0.05, 0) is 19.1 Å². The number of nitrogens with zero attached hydrogens (tertiary/aromatic N) is 2. The Morgan fingerprint density at radius 1 is 1.37 bits per heavy atom. The van der Waals surface area contributed by atoms with Crippen molar-refractivity contribution in [2.45, 2.75) is 6.92 Å². The summed E-state index contributed by atoms with van der Waals surface area (Å²) >= 11 is 0. The number of aromatic amines is 1. The number of imidazole rings is 1. The van der Waals surface area contributed by atoms with E-state index in [1.54, 1.807) is 13.4 Å². The lowest BCUT2D eigenvalue weighted by atomic mass is 10.1. The number of H-pyrrole nitrogens is 1. The third-order valence-electron chi connectivity index (χ3n) is 2.62. The molecule has 0 amide bonds. The van der Waals surface area contributed by atoms with Crippen molar-refractivity contribution in [3.63, 3.8) is 0 Å². The summed E-state index contributed by atoms with van der Waals surface area (Å²) in [7, 11) is 1.67. The monoisotopic (exact) mass is 258 g/mol. The highest BCUT2D eigenvalue weighted by molar-refractivity contribution is 5.65. The Bertz CT molecular complexity index is 531. The van der Waals surface area contributed by atoms with Gasteiger partial charge in [-0.3, -0.25) is 0 Å². The fourth-order valence-corrected chi connectivity index (χ4v) is 1.63. The fourth-order valence-electron chi connectivity index (χ4n) is 1.63. The lowest BCUT2D eigenvalue weighted by Gasteiger charge is -1.99. The highest BCUT2D eigenvalue weighted by Gasteiger charge is 2.00. The van der Waals surface area contributed by atoms with Crippen molar-refractivity contribution in [3.8, 4) is 11.3 Å². The van der Waals surface area contributed by atoms with Crippen LogP contribution in [0.15, 0.2) is 35.5 Å². The predicted molar refractivity (Wildman–Crippen MR) is 76.8 cm³/mol. The topological polar surface area (TPSA) is 62.3 Å². The fraction of sp³-hybridized carbons (Fsp3) is 0.286. The van der Waals surface area contributed by atoms with Gasteiger partial charge in [-0.25, -0.2) is 9.98 Å². The number of hydrogen-bond acceptors (Lipinski definition) is 3. The Morgan fingerprint density at radius 2 is 2.16 bits per heavy atom. The highest BCUT2D eigenvalue weighted by Crippen LogP contribution is 2.20. The van der Waals surface area contributed by atoms with E-state index in [2.05, 4.69) is 20.3 Å². The van der Waals surface area contributed by atoms with E-state index in [1.165, 1.54) is 0 Å². The summed E-state index contributed by atoms with van der Waals surface area (Å²) in [4.78, 5) is 11.8. The molecule has 2 rings (SSSR count). The summed E-state index contributed by atoms with van der Waals surface area (Å²) in [6, 6.07) is 7.95. The molecule has 1 aromatic heterocycles. The summed E-state index contributed by atoms with van der Waals surface area (Å²) in [5.74, 6) is 0.916. The molecule has 0 aliphatic heterocycles. The first kappa shape index (κ1) is 13.3. The van der Waals surface area contributed by atoms with Gasteiger partial charge in [0.2, 0.25) is 0 Å². The third kappa shape index (κ3) is 3.93. The minimum absolute atomic E-state index is 0.670. The maximum absolute atomic E-state index is 4.93. The molecule has 100 valence electrons. The van der Waals surface area contributed by atoms with Crippen molar-refractivity contribution in [3.05, 3.63) is 36.3 Å². The van der Waals surface area contributed by atoms with Crippen LogP contribution in [0.1, 0.15) is 5.82 Å². The molecule has 1 aromatic carbocycles. The summed E-state index contributed by atoms with van der Waals surface area (Å²) < 4.78 is 4.93. The second kappa shape index (κ2) is 6.70. The zero-order chi connectivity index (χ0) is 13.5. The molecule has 2 aromatic rings. The molecule has 2 N–H and O–H groups in total. The van der Waals surface area contributed by atoms with Gasteiger partial charge in [-0.2, -0.15) is 0 Å². The van der Waals surface area contributed by atoms with Crippen molar-refractivity contribution in [1.82, 2.24) is 15.3 Å². The van der Waals surface area contributed by atoms with Crippen LogP contribution in [0.4, 0.5) is 5.69 Å². The molecule has 0 aliphatic carbocycles. The van der Waals surface area contributed by atoms with Crippen molar-refractivity contribution in [2.75, 3.05) is 20.3 Å². The van der Waals surface area contributed by atoms with Crippen LogP contribution in [0, 0.1) is 6.92 Å². The van der Waals surface area contributed by atoms with Gasteiger partial charge in [0.1, 0.15) is 5.82 Å². The van der Waals surface area contributed by atoms with Crippen molar-refractivity contribution < 1.29 is 4.74 Å². The number of nitrogens with one attached hydrogen (secondary N) is 2. The number of aliphatic imine (C=N–C) groups is 1. The highest BCUT2D eigenvalue weighted by atomic mass is 16.5. The molecule has 0 aliphatic rings. The number of benzene rings is 1. The lowest BCUT2D eigenvalue weighted by Crippen LogP contribution is -2.16. The van der Waals surface area contributed by atoms with E-state index < -0.39 is 0 Å². The zero-order valence-electron chi connectivity index (χ0n) is 11.2. The Morgan fingerprint density at radius 3 is 2.79 bits per heavy atom. The quantitative estimate of drug-likeness (QED) is 0.474. The molecule has 5 heteroatoms. The second-order valence-electron chi connectivity index (χ2n) is 4.12. The minimum Gasteiger partial charge on any atom is -0.383 e. The molecule has 0 unspecified atom stereocenters. The van der Waals surface area contributed by atoms with Gasteiger partial charge >= 0.3 is 0 Å².